The van der Waals surface area contributed by atoms with Gasteiger partial charge in [-0.05, 0) is 86.3 Å². The van der Waals surface area contributed by atoms with Crippen LogP contribution in [-0.2, 0) is 13.1 Å². The summed E-state index contributed by atoms with van der Waals surface area (Å²) in [6, 6.07) is 29.8. The van der Waals surface area contributed by atoms with Crippen LogP contribution in [0.5, 0.6) is 0 Å². The van der Waals surface area contributed by atoms with Crippen LogP contribution in [0.2, 0.25) is 0 Å². The van der Waals surface area contributed by atoms with E-state index in [-0.39, 0.29) is 5.82 Å². The summed E-state index contributed by atoms with van der Waals surface area (Å²) in [6.45, 7) is 7.72. The number of halogens is 1. The molecule has 0 saturated carbocycles. The van der Waals surface area contributed by atoms with Crippen molar-refractivity contribution in [2.24, 2.45) is 0 Å². The number of hydrogen-bond acceptors (Lipinski definition) is 3. The zero-order valence-corrected chi connectivity index (χ0v) is 23.2. The third kappa shape index (κ3) is 5.34. The van der Waals surface area contributed by atoms with E-state index in [2.05, 4.69) is 59.7 Å². The summed E-state index contributed by atoms with van der Waals surface area (Å²) in [5, 5.41) is 8.78. The summed E-state index contributed by atoms with van der Waals surface area (Å²) in [4.78, 5) is 7.59. The second-order valence-electron chi connectivity index (χ2n) is 11.1. The summed E-state index contributed by atoms with van der Waals surface area (Å²) < 4.78 is 16.2. The first-order valence-electron chi connectivity index (χ1n) is 14.1. The lowest BCUT2D eigenvalue weighted by Crippen LogP contribution is -2.33. The van der Waals surface area contributed by atoms with Crippen LogP contribution < -0.4 is 0 Å². The number of nitrogens with one attached hydrogen (secondary N) is 1. The van der Waals surface area contributed by atoms with Gasteiger partial charge in [0.25, 0.3) is 0 Å². The average molecular weight is 531 g/mol. The third-order valence-corrected chi connectivity index (χ3v) is 8.25. The molecule has 0 atom stereocenters. The van der Waals surface area contributed by atoms with E-state index in [0.29, 0.717) is 18.2 Å². The second-order valence-corrected chi connectivity index (χ2v) is 11.1. The molecule has 40 heavy (non-hydrogen) atoms. The van der Waals surface area contributed by atoms with Crippen molar-refractivity contribution in [2.45, 2.75) is 45.7 Å². The molecule has 202 valence electrons. The lowest BCUT2D eigenvalue weighted by molar-refractivity contribution is 0.200. The van der Waals surface area contributed by atoms with Crippen LogP contribution in [0.15, 0.2) is 91.0 Å². The molecule has 1 saturated heterocycles. The quantitative estimate of drug-likeness (QED) is 0.220. The molecule has 1 N–H and O–H groups in total. The normalized spacial score (nSPS) is 14.6. The zero-order valence-electron chi connectivity index (χ0n) is 23.2. The molecule has 5 heteroatoms. The number of hydrogen-bond donors (Lipinski definition) is 1. The first-order valence-corrected chi connectivity index (χ1v) is 14.1. The summed E-state index contributed by atoms with van der Waals surface area (Å²) in [5.74, 6) is 1.28. The number of aryl methyl sites for hydroxylation is 2. The fraction of sp³-hybridized carbons (Fsp3) is 0.257. The van der Waals surface area contributed by atoms with Gasteiger partial charge in [0.15, 0.2) is 0 Å². The first kappa shape index (κ1) is 26.1. The number of likely N-dealkylation sites (tertiary alicyclic amines) is 1. The highest BCUT2D eigenvalue weighted by molar-refractivity contribution is 6.12. The maximum atomic E-state index is 13.9. The lowest BCUT2D eigenvalue weighted by atomic mass is 9.93. The number of aromatic nitrogens is 2. The van der Waals surface area contributed by atoms with E-state index in [0.717, 1.165) is 77.2 Å². The summed E-state index contributed by atoms with van der Waals surface area (Å²) in [7, 11) is 0. The Hall–Kier alpha value is -4.09. The van der Waals surface area contributed by atoms with Gasteiger partial charge in [-0.3, -0.25) is 10.3 Å². The van der Waals surface area contributed by atoms with Gasteiger partial charge in [-0.2, -0.15) is 0 Å². The minimum atomic E-state index is -0.202. The molecule has 2 heterocycles. The Morgan fingerprint density at radius 2 is 1.52 bits per heavy atom. The number of rotatable bonds is 7. The fourth-order valence-electron chi connectivity index (χ4n) is 6.10. The lowest BCUT2D eigenvalue weighted by Gasteiger charge is -2.32. The maximum Gasteiger partial charge on any atom is 0.123 e. The van der Waals surface area contributed by atoms with Crippen LogP contribution in [0, 0.1) is 25.1 Å². The van der Waals surface area contributed by atoms with Gasteiger partial charge in [0.1, 0.15) is 11.6 Å². The van der Waals surface area contributed by atoms with E-state index in [1.165, 1.54) is 11.6 Å². The van der Waals surface area contributed by atoms with E-state index < -0.39 is 0 Å². The molecule has 0 unspecified atom stereocenters. The summed E-state index contributed by atoms with van der Waals surface area (Å²) in [5.41, 5.74) is 9.20. The molecular weight excluding hydrogens is 495 g/mol. The van der Waals surface area contributed by atoms with Crippen LogP contribution >= 0.6 is 0 Å². The van der Waals surface area contributed by atoms with Crippen molar-refractivity contribution in [3.63, 3.8) is 0 Å². The van der Waals surface area contributed by atoms with E-state index >= 15 is 0 Å². The molecule has 0 bridgehead atoms. The summed E-state index contributed by atoms with van der Waals surface area (Å²) in [6.07, 6.45) is 2.09. The minimum Gasteiger partial charge on any atom is -0.323 e. The molecule has 1 aliphatic rings. The molecule has 0 aliphatic carbocycles. The van der Waals surface area contributed by atoms with E-state index in [1.54, 1.807) is 12.1 Å². The Labute approximate surface area is 235 Å². The molecule has 4 nitrogen and oxygen atoms in total. The highest BCUT2D eigenvalue weighted by atomic mass is 19.1. The van der Waals surface area contributed by atoms with Gasteiger partial charge in [0.2, 0.25) is 0 Å². The Morgan fingerprint density at radius 1 is 0.800 bits per heavy atom. The predicted octanol–water partition coefficient (Wildman–Crippen LogP) is 7.64. The van der Waals surface area contributed by atoms with E-state index in [1.807, 2.05) is 36.4 Å². The molecule has 4 aromatic carbocycles. The molecule has 1 fully saturated rings. The molecule has 0 radical (unpaired) electrons. The molecular formula is C35H35FN4. The monoisotopic (exact) mass is 530 g/mol. The number of para-hydroxylation sites is 2. The second kappa shape index (κ2) is 11.2. The molecule has 5 aromatic rings. The number of fused-ring (bicyclic) bond motifs is 1. The van der Waals surface area contributed by atoms with Crippen molar-refractivity contribution in [2.75, 3.05) is 13.1 Å². The molecule has 6 rings (SSSR count). The van der Waals surface area contributed by atoms with E-state index in [9.17, 15) is 4.39 Å². The maximum absolute atomic E-state index is 13.9. The molecule has 0 spiro atoms. The Kier molecular flexibility index (Phi) is 7.31. The fourth-order valence-corrected chi connectivity index (χ4v) is 6.10. The largest absolute Gasteiger partial charge is 0.323 e. The van der Waals surface area contributed by atoms with Crippen LogP contribution in [0.4, 0.5) is 4.39 Å². The highest BCUT2D eigenvalue weighted by Gasteiger charge is 2.26. The van der Waals surface area contributed by atoms with Gasteiger partial charge in [0.05, 0.1) is 16.7 Å². The molecule has 1 aromatic heterocycles. The van der Waals surface area contributed by atoms with Crippen LogP contribution in [0.3, 0.4) is 0 Å². The average Bonchev–Trinajstić information content (AvgIpc) is 3.32. The topological polar surface area (TPSA) is 44.9 Å². The summed E-state index contributed by atoms with van der Waals surface area (Å²) >= 11 is 0. The number of piperidine rings is 1. The van der Waals surface area contributed by atoms with Crippen LogP contribution in [0.1, 0.15) is 58.0 Å². The number of nitrogens with zero attached hydrogens (tertiary/aromatic N) is 3. The van der Waals surface area contributed by atoms with Gasteiger partial charge < -0.3 is 4.57 Å². The van der Waals surface area contributed by atoms with Crippen molar-refractivity contribution in [1.29, 1.82) is 5.41 Å². The van der Waals surface area contributed by atoms with Gasteiger partial charge in [0, 0.05) is 30.1 Å². The molecule has 1 aliphatic heterocycles. The SMILES string of the molecule is Cc1ccccc1C(=N)c1ccc(CN2CCC(c3nc4ccccc4n3Cc3cccc(F)c3)CC2)cc1C. The van der Waals surface area contributed by atoms with Crippen molar-refractivity contribution < 1.29 is 4.39 Å². The zero-order chi connectivity index (χ0) is 27.6. The van der Waals surface area contributed by atoms with Gasteiger partial charge >= 0.3 is 0 Å². The van der Waals surface area contributed by atoms with Crippen LogP contribution in [-0.4, -0.2) is 33.3 Å². The predicted molar refractivity (Wildman–Crippen MR) is 161 cm³/mol. The highest BCUT2D eigenvalue weighted by Crippen LogP contribution is 2.32. The van der Waals surface area contributed by atoms with Crippen molar-refractivity contribution in [3.05, 3.63) is 136 Å². The Balaban J connectivity index is 1.15. The van der Waals surface area contributed by atoms with Gasteiger partial charge in [-0.1, -0.05) is 66.7 Å². The Bertz CT molecular complexity index is 1680. The minimum absolute atomic E-state index is 0.202. The Morgan fingerprint density at radius 3 is 2.30 bits per heavy atom. The van der Waals surface area contributed by atoms with Crippen molar-refractivity contribution in [1.82, 2.24) is 14.5 Å². The first-order chi connectivity index (χ1) is 19.5. The van der Waals surface area contributed by atoms with Gasteiger partial charge in [-0.15, -0.1) is 0 Å². The number of benzene rings is 4. The van der Waals surface area contributed by atoms with Crippen molar-refractivity contribution >= 4 is 16.7 Å². The van der Waals surface area contributed by atoms with E-state index in [4.69, 9.17) is 10.4 Å². The van der Waals surface area contributed by atoms with Crippen LogP contribution in [0.25, 0.3) is 11.0 Å². The van der Waals surface area contributed by atoms with Gasteiger partial charge in [-0.25, -0.2) is 9.37 Å². The van der Waals surface area contributed by atoms with Crippen molar-refractivity contribution in [3.8, 4) is 0 Å². The smallest absolute Gasteiger partial charge is 0.123 e. The third-order valence-electron chi connectivity index (χ3n) is 8.25. The number of imidazole rings is 1. The standard InChI is InChI=1S/C35H35FN4/c1-24-8-3-4-11-30(24)34(37)31-15-14-27(20-25(31)2)22-39-18-16-28(17-19-39)35-38-32-12-5-6-13-33(32)40(35)23-26-9-7-10-29(36)21-26/h3-15,20-21,28,37H,16-19,22-23H2,1-2H3. The molecule has 0 amide bonds.